The van der Waals surface area contributed by atoms with Gasteiger partial charge in [0.15, 0.2) is 0 Å². The van der Waals surface area contributed by atoms with E-state index >= 15 is 0 Å². The van der Waals surface area contributed by atoms with Crippen LogP contribution < -0.4 is 10.6 Å². The van der Waals surface area contributed by atoms with Crippen LogP contribution in [0.3, 0.4) is 0 Å². The molecule has 0 aliphatic rings. The highest BCUT2D eigenvalue weighted by Gasteiger charge is 2.32. The number of para-hydroxylation sites is 2. The van der Waals surface area contributed by atoms with Crippen molar-refractivity contribution in [3.8, 4) is 0 Å². The molecule has 2 aromatic carbocycles. The lowest BCUT2D eigenvalue weighted by Crippen LogP contribution is -2.40. The first-order valence-corrected chi connectivity index (χ1v) is 8.79. The second-order valence-corrected chi connectivity index (χ2v) is 6.19. The highest BCUT2D eigenvalue weighted by molar-refractivity contribution is 6.11. The Bertz CT molecular complexity index is 728. The first-order valence-electron chi connectivity index (χ1n) is 8.79. The summed E-state index contributed by atoms with van der Waals surface area (Å²) in [5.74, 6) is -1.91. The fraction of sp³-hybridized carbons (Fsp3) is 0.333. The minimum Gasteiger partial charge on any atom is -0.382 e. The molecule has 0 bridgehead atoms. The SMILES string of the molecule is CCOCCC(C(N)=O)C(=O)N(c1ccccc1C)c1ccccc1C. The molecule has 0 aliphatic carbocycles. The minimum atomic E-state index is -0.944. The van der Waals surface area contributed by atoms with Gasteiger partial charge in [0, 0.05) is 13.2 Å². The molecule has 0 aliphatic heterocycles. The van der Waals surface area contributed by atoms with Gasteiger partial charge in [-0.3, -0.25) is 14.5 Å². The molecule has 2 aromatic rings. The Balaban J connectivity index is 2.49. The van der Waals surface area contributed by atoms with Crippen LogP contribution in [0.4, 0.5) is 11.4 Å². The lowest BCUT2D eigenvalue weighted by atomic mass is 10.0. The van der Waals surface area contributed by atoms with Gasteiger partial charge in [-0.1, -0.05) is 36.4 Å². The number of nitrogens with two attached hydrogens (primary N) is 1. The van der Waals surface area contributed by atoms with Gasteiger partial charge in [-0.25, -0.2) is 0 Å². The number of nitrogens with zero attached hydrogens (tertiary/aromatic N) is 1. The number of aryl methyl sites for hydroxylation is 2. The normalized spacial score (nSPS) is 11.8. The second kappa shape index (κ2) is 9.15. The van der Waals surface area contributed by atoms with Crippen LogP contribution in [0.25, 0.3) is 0 Å². The summed E-state index contributed by atoms with van der Waals surface area (Å²) in [6, 6.07) is 15.2. The predicted octanol–water partition coefficient (Wildman–Crippen LogP) is 3.50. The third kappa shape index (κ3) is 4.49. The Kier molecular flexibility index (Phi) is 6.92. The maximum absolute atomic E-state index is 13.4. The van der Waals surface area contributed by atoms with E-state index in [9.17, 15) is 9.59 Å². The molecule has 0 aromatic heterocycles. The van der Waals surface area contributed by atoms with E-state index in [4.69, 9.17) is 10.5 Å². The Morgan fingerprint density at radius 3 is 1.92 bits per heavy atom. The first kappa shape index (κ1) is 19.7. The van der Waals surface area contributed by atoms with E-state index in [1.807, 2.05) is 69.3 Å². The third-order valence-corrected chi connectivity index (χ3v) is 4.33. The summed E-state index contributed by atoms with van der Waals surface area (Å²) in [7, 11) is 0. The average Bonchev–Trinajstić information content (AvgIpc) is 2.61. The van der Waals surface area contributed by atoms with Gasteiger partial charge < -0.3 is 10.5 Å². The van der Waals surface area contributed by atoms with Gasteiger partial charge >= 0.3 is 0 Å². The van der Waals surface area contributed by atoms with E-state index in [2.05, 4.69) is 0 Å². The van der Waals surface area contributed by atoms with Crippen molar-refractivity contribution < 1.29 is 14.3 Å². The smallest absolute Gasteiger partial charge is 0.244 e. The monoisotopic (exact) mass is 354 g/mol. The zero-order chi connectivity index (χ0) is 19.1. The lowest BCUT2D eigenvalue weighted by molar-refractivity contribution is -0.132. The van der Waals surface area contributed by atoms with Crippen LogP contribution in [-0.2, 0) is 14.3 Å². The van der Waals surface area contributed by atoms with Crippen LogP contribution in [0.2, 0.25) is 0 Å². The molecule has 0 saturated heterocycles. The molecular formula is C21H26N2O3. The molecule has 26 heavy (non-hydrogen) atoms. The molecule has 2 amide bonds. The molecule has 138 valence electrons. The molecule has 2 N–H and O–H groups in total. The van der Waals surface area contributed by atoms with Gasteiger partial charge in [0.25, 0.3) is 0 Å². The molecule has 1 atom stereocenters. The van der Waals surface area contributed by atoms with Crippen molar-refractivity contribution in [2.24, 2.45) is 11.7 Å². The molecule has 2 rings (SSSR count). The third-order valence-electron chi connectivity index (χ3n) is 4.33. The van der Waals surface area contributed by atoms with E-state index in [1.165, 1.54) is 0 Å². The molecular weight excluding hydrogens is 328 g/mol. The highest BCUT2D eigenvalue weighted by Crippen LogP contribution is 2.32. The average molecular weight is 354 g/mol. The lowest BCUT2D eigenvalue weighted by Gasteiger charge is -2.29. The molecule has 5 heteroatoms. The summed E-state index contributed by atoms with van der Waals surface area (Å²) in [6.07, 6.45) is 0.260. The summed E-state index contributed by atoms with van der Waals surface area (Å²) in [6.45, 7) is 6.58. The Morgan fingerprint density at radius 2 is 1.50 bits per heavy atom. The van der Waals surface area contributed by atoms with Crippen LogP contribution in [0.15, 0.2) is 48.5 Å². The molecule has 0 radical (unpaired) electrons. The van der Waals surface area contributed by atoms with Gasteiger partial charge in [-0.15, -0.1) is 0 Å². The van der Waals surface area contributed by atoms with E-state index in [1.54, 1.807) is 4.90 Å². The van der Waals surface area contributed by atoms with Crippen LogP contribution in [0.5, 0.6) is 0 Å². The Labute approximate surface area is 154 Å². The molecule has 0 fully saturated rings. The number of anilines is 2. The van der Waals surface area contributed by atoms with E-state index in [-0.39, 0.29) is 12.3 Å². The zero-order valence-corrected chi connectivity index (χ0v) is 15.6. The van der Waals surface area contributed by atoms with E-state index < -0.39 is 11.8 Å². The van der Waals surface area contributed by atoms with E-state index in [0.29, 0.717) is 13.2 Å². The maximum atomic E-state index is 13.4. The number of hydrogen-bond donors (Lipinski definition) is 1. The van der Waals surface area contributed by atoms with Crippen LogP contribution in [0.1, 0.15) is 24.5 Å². The quantitative estimate of drug-likeness (QED) is 0.582. The van der Waals surface area contributed by atoms with E-state index in [0.717, 1.165) is 22.5 Å². The van der Waals surface area contributed by atoms with Crippen molar-refractivity contribution in [2.75, 3.05) is 18.1 Å². The molecule has 0 spiro atoms. The van der Waals surface area contributed by atoms with Crippen molar-refractivity contribution in [1.82, 2.24) is 0 Å². The van der Waals surface area contributed by atoms with Gasteiger partial charge in [0.2, 0.25) is 11.8 Å². The van der Waals surface area contributed by atoms with Gasteiger partial charge in [0.1, 0.15) is 5.92 Å². The first-order chi connectivity index (χ1) is 12.5. The predicted molar refractivity (Wildman–Crippen MR) is 103 cm³/mol. The van der Waals surface area contributed by atoms with Crippen molar-refractivity contribution >= 4 is 23.2 Å². The standard InChI is InChI=1S/C21H26N2O3/c1-4-26-14-13-17(20(22)24)21(25)23(18-11-7-5-9-15(18)2)19-12-8-6-10-16(19)3/h5-12,17H,4,13-14H2,1-3H3,(H2,22,24). The summed E-state index contributed by atoms with van der Waals surface area (Å²) in [5.41, 5.74) is 8.92. The Morgan fingerprint density at radius 1 is 1.00 bits per heavy atom. The Hall–Kier alpha value is -2.66. The molecule has 0 heterocycles. The van der Waals surface area contributed by atoms with Crippen LogP contribution >= 0.6 is 0 Å². The second-order valence-electron chi connectivity index (χ2n) is 6.19. The molecule has 5 nitrogen and oxygen atoms in total. The summed E-state index contributed by atoms with van der Waals surface area (Å²) in [5, 5.41) is 0. The number of carbonyl (C=O) groups excluding carboxylic acids is 2. The number of benzene rings is 2. The summed E-state index contributed by atoms with van der Waals surface area (Å²) >= 11 is 0. The number of hydrogen-bond acceptors (Lipinski definition) is 3. The van der Waals surface area contributed by atoms with Gasteiger partial charge in [-0.05, 0) is 50.5 Å². The largest absolute Gasteiger partial charge is 0.382 e. The topological polar surface area (TPSA) is 72.6 Å². The fourth-order valence-corrected chi connectivity index (χ4v) is 2.88. The number of ether oxygens (including phenoxy) is 1. The maximum Gasteiger partial charge on any atom is 0.244 e. The summed E-state index contributed by atoms with van der Waals surface area (Å²) < 4.78 is 5.32. The van der Waals surface area contributed by atoms with Crippen LogP contribution in [0, 0.1) is 19.8 Å². The van der Waals surface area contributed by atoms with Crippen molar-refractivity contribution in [1.29, 1.82) is 0 Å². The number of carbonyl (C=O) groups is 2. The highest BCUT2D eigenvalue weighted by atomic mass is 16.5. The fourth-order valence-electron chi connectivity index (χ4n) is 2.88. The minimum absolute atomic E-state index is 0.260. The zero-order valence-electron chi connectivity index (χ0n) is 15.6. The number of rotatable bonds is 8. The van der Waals surface area contributed by atoms with Crippen LogP contribution in [-0.4, -0.2) is 25.0 Å². The number of primary amides is 1. The van der Waals surface area contributed by atoms with Crippen molar-refractivity contribution in [3.05, 3.63) is 59.7 Å². The number of amides is 2. The molecule has 0 saturated carbocycles. The molecule has 1 unspecified atom stereocenters. The van der Waals surface area contributed by atoms with Crippen molar-refractivity contribution in [3.63, 3.8) is 0 Å². The van der Waals surface area contributed by atoms with Gasteiger partial charge in [-0.2, -0.15) is 0 Å². The van der Waals surface area contributed by atoms with Gasteiger partial charge in [0.05, 0.1) is 11.4 Å². The van der Waals surface area contributed by atoms with Crippen molar-refractivity contribution in [2.45, 2.75) is 27.2 Å². The summed E-state index contributed by atoms with van der Waals surface area (Å²) in [4.78, 5) is 26.9.